The first-order chi connectivity index (χ1) is 13.5. The van der Waals surface area contributed by atoms with Crippen molar-refractivity contribution >= 4 is 23.3 Å². The second kappa shape index (κ2) is 8.59. The Morgan fingerprint density at radius 3 is 2.28 bits per heavy atom. The van der Waals surface area contributed by atoms with Crippen LogP contribution < -0.4 is 10.1 Å². The Morgan fingerprint density at radius 2 is 1.76 bits per heavy atom. The lowest BCUT2D eigenvalue weighted by Gasteiger charge is -2.15. The predicted octanol–water partition coefficient (Wildman–Crippen LogP) is 3.81. The molecule has 0 fully saturated rings. The molecule has 8 nitrogen and oxygen atoms in total. The van der Waals surface area contributed by atoms with Gasteiger partial charge in [-0.3, -0.25) is 14.9 Å². The van der Waals surface area contributed by atoms with Gasteiger partial charge in [0, 0.05) is 17.8 Å². The van der Waals surface area contributed by atoms with E-state index in [0.29, 0.717) is 0 Å². The molecule has 2 rings (SSSR count). The third kappa shape index (κ3) is 5.43. The molecule has 0 aliphatic heterocycles. The number of hydrogen-bond donors (Lipinski definition) is 1. The fourth-order valence-electron chi connectivity index (χ4n) is 2.23. The Balaban J connectivity index is 2.08. The van der Waals surface area contributed by atoms with Crippen LogP contribution in [0.1, 0.15) is 22.8 Å². The number of halogens is 3. The van der Waals surface area contributed by atoms with Gasteiger partial charge >= 0.3 is 12.1 Å². The van der Waals surface area contributed by atoms with Crippen LogP contribution in [0.25, 0.3) is 0 Å². The van der Waals surface area contributed by atoms with Gasteiger partial charge in [0.1, 0.15) is 11.3 Å². The van der Waals surface area contributed by atoms with E-state index in [4.69, 9.17) is 9.47 Å². The number of carbonyl (C=O) groups is 2. The molecular weight excluding hydrogens is 397 g/mol. The van der Waals surface area contributed by atoms with Crippen molar-refractivity contribution in [3.63, 3.8) is 0 Å². The Hall–Kier alpha value is -3.63. The number of hydrogen-bond acceptors (Lipinski definition) is 6. The standard InChI is InChI=1S/C18H15F3N2O6/c1-10(16(24)22-12-5-3-11(4-6-12)18(19,20)21)29-17(25)14-9-13(23(26)27)7-8-15(14)28-2/h3-10H,1-2H3,(H,22,24)/t10-/m1/s1. The summed E-state index contributed by atoms with van der Waals surface area (Å²) in [4.78, 5) is 34.6. The van der Waals surface area contributed by atoms with E-state index in [-0.39, 0.29) is 22.7 Å². The van der Waals surface area contributed by atoms with Crippen molar-refractivity contribution in [2.75, 3.05) is 12.4 Å². The number of anilines is 1. The number of rotatable bonds is 6. The number of nitro benzene ring substituents is 1. The summed E-state index contributed by atoms with van der Waals surface area (Å²) in [5, 5.41) is 13.2. The summed E-state index contributed by atoms with van der Waals surface area (Å²) in [6, 6.07) is 6.98. The molecule has 2 aromatic carbocycles. The molecule has 1 atom stereocenters. The first kappa shape index (κ1) is 21.7. The molecule has 11 heteroatoms. The van der Waals surface area contributed by atoms with E-state index >= 15 is 0 Å². The molecular formula is C18H15F3N2O6. The Morgan fingerprint density at radius 1 is 1.14 bits per heavy atom. The highest BCUT2D eigenvalue weighted by Gasteiger charge is 2.30. The van der Waals surface area contributed by atoms with Crippen molar-refractivity contribution < 1.29 is 37.2 Å². The van der Waals surface area contributed by atoms with Gasteiger partial charge < -0.3 is 14.8 Å². The molecule has 0 radical (unpaired) electrons. The number of esters is 1. The van der Waals surface area contributed by atoms with Gasteiger partial charge in [0.15, 0.2) is 6.10 Å². The topological polar surface area (TPSA) is 108 Å². The number of benzene rings is 2. The van der Waals surface area contributed by atoms with Crippen molar-refractivity contribution in [2.24, 2.45) is 0 Å². The summed E-state index contributed by atoms with van der Waals surface area (Å²) in [6.07, 6.45) is -5.85. The van der Waals surface area contributed by atoms with Crippen LogP contribution in [0.3, 0.4) is 0 Å². The second-order valence-corrected chi connectivity index (χ2v) is 5.75. The average molecular weight is 412 g/mol. The van der Waals surface area contributed by atoms with Crippen LogP contribution in [0.15, 0.2) is 42.5 Å². The molecule has 0 bridgehead atoms. The number of nitrogens with zero attached hydrogens (tertiary/aromatic N) is 1. The molecule has 0 heterocycles. The van der Waals surface area contributed by atoms with Crippen LogP contribution in [0.5, 0.6) is 5.75 Å². The maximum absolute atomic E-state index is 12.6. The summed E-state index contributed by atoms with van der Waals surface area (Å²) >= 11 is 0. The van der Waals surface area contributed by atoms with E-state index in [0.717, 1.165) is 36.4 Å². The monoisotopic (exact) mass is 412 g/mol. The van der Waals surface area contributed by atoms with Gasteiger partial charge in [-0.25, -0.2) is 4.79 Å². The van der Waals surface area contributed by atoms with E-state index in [1.807, 2.05) is 0 Å². The van der Waals surface area contributed by atoms with Crippen LogP contribution in [0.2, 0.25) is 0 Å². The van der Waals surface area contributed by atoms with E-state index in [9.17, 15) is 32.9 Å². The van der Waals surface area contributed by atoms with E-state index < -0.39 is 34.6 Å². The van der Waals surface area contributed by atoms with Crippen LogP contribution in [-0.2, 0) is 15.7 Å². The van der Waals surface area contributed by atoms with Gasteiger partial charge in [0.2, 0.25) is 0 Å². The number of non-ortho nitro benzene ring substituents is 1. The molecule has 0 aliphatic carbocycles. The summed E-state index contributed by atoms with van der Waals surface area (Å²) in [6.45, 7) is 1.24. The number of alkyl halides is 3. The molecule has 29 heavy (non-hydrogen) atoms. The minimum Gasteiger partial charge on any atom is -0.496 e. The summed E-state index contributed by atoms with van der Waals surface area (Å²) in [5.74, 6) is -1.83. The predicted molar refractivity (Wildman–Crippen MR) is 94.6 cm³/mol. The zero-order valence-electron chi connectivity index (χ0n) is 15.1. The third-order valence-electron chi connectivity index (χ3n) is 3.75. The highest BCUT2D eigenvalue weighted by atomic mass is 19.4. The van der Waals surface area contributed by atoms with Gasteiger partial charge in [0.05, 0.1) is 17.6 Å². The quantitative estimate of drug-likeness (QED) is 0.439. The summed E-state index contributed by atoms with van der Waals surface area (Å²) in [5.41, 5.74) is -1.44. The fourth-order valence-corrected chi connectivity index (χ4v) is 2.23. The highest BCUT2D eigenvalue weighted by molar-refractivity contribution is 5.98. The summed E-state index contributed by atoms with van der Waals surface area (Å²) in [7, 11) is 1.25. The largest absolute Gasteiger partial charge is 0.496 e. The normalized spacial score (nSPS) is 12.0. The van der Waals surface area contributed by atoms with E-state index in [1.54, 1.807) is 0 Å². The van der Waals surface area contributed by atoms with Crippen LogP contribution in [0, 0.1) is 10.1 Å². The van der Waals surface area contributed by atoms with Gasteiger partial charge in [-0.1, -0.05) is 0 Å². The van der Waals surface area contributed by atoms with Crippen molar-refractivity contribution in [3.8, 4) is 5.75 Å². The molecule has 154 valence electrons. The molecule has 2 aromatic rings. The Bertz CT molecular complexity index is 928. The molecule has 0 saturated heterocycles. The Kier molecular flexibility index (Phi) is 6.42. The highest BCUT2D eigenvalue weighted by Crippen LogP contribution is 2.30. The fraction of sp³-hybridized carbons (Fsp3) is 0.222. The van der Waals surface area contributed by atoms with Gasteiger partial charge in [-0.15, -0.1) is 0 Å². The lowest BCUT2D eigenvalue weighted by molar-refractivity contribution is -0.384. The van der Waals surface area contributed by atoms with Crippen LogP contribution >= 0.6 is 0 Å². The van der Waals surface area contributed by atoms with Crippen LogP contribution in [-0.4, -0.2) is 30.0 Å². The van der Waals surface area contributed by atoms with E-state index in [2.05, 4.69) is 5.32 Å². The second-order valence-electron chi connectivity index (χ2n) is 5.75. The molecule has 1 amide bonds. The van der Waals surface area contributed by atoms with Gasteiger partial charge in [0.25, 0.3) is 11.6 Å². The zero-order chi connectivity index (χ0) is 21.8. The molecule has 1 N–H and O–H groups in total. The van der Waals surface area contributed by atoms with Crippen molar-refractivity contribution in [1.82, 2.24) is 0 Å². The first-order valence-corrected chi connectivity index (χ1v) is 8.04. The lowest BCUT2D eigenvalue weighted by Crippen LogP contribution is -2.30. The molecule has 0 spiro atoms. The maximum atomic E-state index is 12.6. The molecule has 0 unspecified atom stereocenters. The third-order valence-corrected chi connectivity index (χ3v) is 3.75. The lowest BCUT2D eigenvalue weighted by atomic mass is 10.1. The first-order valence-electron chi connectivity index (χ1n) is 8.04. The molecule has 0 saturated carbocycles. The number of nitro groups is 1. The maximum Gasteiger partial charge on any atom is 0.416 e. The number of methoxy groups -OCH3 is 1. The summed E-state index contributed by atoms with van der Waals surface area (Å²) < 4.78 is 47.6. The number of nitrogens with one attached hydrogen (secondary N) is 1. The molecule has 0 aromatic heterocycles. The zero-order valence-corrected chi connectivity index (χ0v) is 15.1. The van der Waals surface area contributed by atoms with Gasteiger partial charge in [-0.05, 0) is 37.3 Å². The SMILES string of the molecule is COc1ccc([N+](=O)[O-])cc1C(=O)O[C@H](C)C(=O)Nc1ccc(C(F)(F)F)cc1. The minimum atomic E-state index is -4.51. The average Bonchev–Trinajstić information content (AvgIpc) is 2.66. The number of ether oxygens (including phenoxy) is 2. The van der Waals surface area contributed by atoms with Crippen LogP contribution in [0.4, 0.5) is 24.5 Å². The van der Waals surface area contributed by atoms with E-state index in [1.165, 1.54) is 20.1 Å². The van der Waals surface area contributed by atoms with Crippen molar-refractivity contribution in [2.45, 2.75) is 19.2 Å². The smallest absolute Gasteiger partial charge is 0.416 e. The van der Waals surface area contributed by atoms with Crippen molar-refractivity contribution in [1.29, 1.82) is 0 Å². The molecule has 0 aliphatic rings. The van der Waals surface area contributed by atoms with Gasteiger partial charge in [-0.2, -0.15) is 13.2 Å². The number of carbonyl (C=O) groups excluding carboxylic acids is 2. The minimum absolute atomic E-state index is 0.0101. The number of amides is 1. The Labute approximate surface area is 162 Å². The van der Waals surface area contributed by atoms with Crippen molar-refractivity contribution in [3.05, 3.63) is 63.7 Å².